The highest BCUT2D eigenvalue weighted by atomic mass is 16.5. The lowest BCUT2D eigenvalue weighted by molar-refractivity contribution is -0.117. The molecule has 0 aliphatic carbocycles. The molecule has 1 aliphatic heterocycles. The molecule has 1 aliphatic rings. The first-order chi connectivity index (χ1) is 10.6. The maximum absolute atomic E-state index is 12.2. The van der Waals surface area contributed by atoms with E-state index in [-0.39, 0.29) is 11.8 Å². The first kappa shape index (κ1) is 14.6. The van der Waals surface area contributed by atoms with Gasteiger partial charge in [0.15, 0.2) is 0 Å². The largest absolute Gasteiger partial charge is 0.493 e. The first-order valence-electron chi connectivity index (χ1n) is 7.56. The summed E-state index contributed by atoms with van der Waals surface area (Å²) in [7, 11) is 0. The fraction of sp³-hybridized carbons (Fsp3) is 0.333. The van der Waals surface area contributed by atoms with Gasteiger partial charge in [0.2, 0.25) is 5.91 Å². The molecule has 0 saturated heterocycles. The maximum Gasteiger partial charge on any atom is 0.225 e. The molecule has 1 aromatic heterocycles. The number of benzene rings is 1. The summed E-state index contributed by atoms with van der Waals surface area (Å²) < 4.78 is 5.73. The molecule has 0 radical (unpaired) electrons. The molecule has 22 heavy (non-hydrogen) atoms. The second-order valence-corrected chi connectivity index (χ2v) is 5.91. The summed E-state index contributed by atoms with van der Waals surface area (Å²) in [6.07, 6.45) is 1.33. The van der Waals surface area contributed by atoms with E-state index in [0.29, 0.717) is 18.8 Å². The lowest BCUT2D eigenvalue weighted by Crippen LogP contribution is -2.26. The van der Waals surface area contributed by atoms with Crippen LogP contribution in [-0.4, -0.2) is 17.5 Å². The molecular weight excluding hydrogens is 276 g/mol. The Kier molecular flexibility index (Phi) is 4.09. The van der Waals surface area contributed by atoms with Gasteiger partial charge in [0.1, 0.15) is 11.6 Å². The van der Waals surface area contributed by atoms with Crippen LogP contribution in [0, 0.1) is 19.8 Å². The van der Waals surface area contributed by atoms with Gasteiger partial charge in [0.25, 0.3) is 0 Å². The summed E-state index contributed by atoms with van der Waals surface area (Å²) in [5.41, 5.74) is 3.18. The zero-order chi connectivity index (χ0) is 15.5. The van der Waals surface area contributed by atoms with Crippen LogP contribution in [0.15, 0.2) is 36.4 Å². The first-order valence-corrected chi connectivity index (χ1v) is 7.56. The van der Waals surface area contributed by atoms with Gasteiger partial charge in [0.05, 0.1) is 6.61 Å². The van der Waals surface area contributed by atoms with E-state index in [1.807, 2.05) is 44.2 Å². The number of amides is 1. The van der Waals surface area contributed by atoms with Crippen LogP contribution in [0.5, 0.6) is 5.75 Å². The van der Waals surface area contributed by atoms with Crippen LogP contribution < -0.4 is 10.1 Å². The molecule has 2 aromatic rings. The van der Waals surface area contributed by atoms with E-state index in [4.69, 9.17) is 4.74 Å². The number of nitrogens with zero attached hydrogens (tertiary/aromatic N) is 1. The summed E-state index contributed by atoms with van der Waals surface area (Å²) in [5, 5.41) is 2.89. The fourth-order valence-corrected chi connectivity index (χ4v) is 2.88. The average molecular weight is 296 g/mol. The van der Waals surface area contributed by atoms with Gasteiger partial charge in [-0.05, 0) is 49.6 Å². The molecule has 1 N–H and O–H groups in total. The number of ether oxygens (including phenoxy) is 1. The number of aromatic nitrogens is 1. The van der Waals surface area contributed by atoms with Crippen LogP contribution in [0.25, 0.3) is 0 Å². The van der Waals surface area contributed by atoms with E-state index >= 15 is 0 Å². The van der Waals surface area contributed by atoms with Gasteiger partial charge in [-0.2, -0.15) is 0 Å². The highest BCUT2D eigenvalue weighted by Crippen LogP contribution is 2.28. The molecule has 1 amide bonds. The Labute approximate surface area is 130 Å². The van der Waals surface area contributed by atoms with Crippen LogP contribution in [0.3, 0.4) is 0 Å². The summed E-state index contributed by atoms with van der Waals surface area (Å²) in [5.74, 6) is 1.76. The topological polar surface area (TPSA) is 51.2 Å². The Morgan fingerprint density at radius 2 is 2.14 bits per heavy atom. The van der Waals surface area contributed by atoms with Crippen LogP contribution >= 0.6 is 0 Å². The number of aryl methyl sites for hydroxylation is 2. The van der Waals surface area contributed by atoms with Crippen molar-refractivity contribution in [1.29, 1.82) is 0 Å². The molecule has 1 aromatic carbocycles. The summed E-state index contributed by atoms with van der Waals surface area (Å²) in [4.78, 5) is 16.5. The fourth-order valence-electron chi connectivity index (χ4n) is 2.88. The van der Waals surface area contributed by atoms with Gasteiger partial charge in [0, 0.05) is 18.0 Å². The smallest absolute Gasteiger partial charge is 0.225 e. The molecule has 0 spiro atoms. The lowest BCUT2D eigenvalue weighted by atomic mass is 9.94. The third-order valence-electron chi connectivity index (χ3n) is 3.80. The van der Waals surface area contributed by atoms with Crippen LogP contribution in [0.1, 0.15) is 23.2 Å². The van der Waals surface area contributed by atoms with Crippen molar-refractivity contribution in [2.45, 2.75) is 26.7 Å². The predicted octanol–water partition coefficient (Wildman–Crippen LogP) is 3.28. The van der Waals surface area contributed by atoms with Crippen molar-refractivity contribution in [3.8, 4) is 5.75 Å². The normalized spacial score (nSPS) is 16.5. The molecular formula is C18H20N2O2. The van der Waals surface area contributed by atoms with Gasteiger partial charge in [-0.25, -0.2) is 4.98 Å². The number of pyridine rings is 1. The number of anilines is 1. The van der Waals surface area contributed by atoms with Gasteiger partial charge >= 0.3 is 0 Å². The Hall–Kier alpha value is -2.36. The minimum absolute atomic E-state index is 0.00881. The number of rotatable bonds is 3. The zero-order valence-electron chi connectivity index (χ0n) is 12.9. The molecule has 4 heteroatoms. The minimum atomic E-state index is -0.00881. The zero-order valence-corrected chi connectivity index (χ0v) is 12.9. The molecule has 114 valence electrons. The molecule has 0 bridgehead atoms. The second-order valence-electron chi connectivity index (χ2n) is 5.91. The highest BCUT2D eigenvalue weighted by molar-refractivity contribution is 5.90. The number of fused-ring (bicyclic) bond motifs is 1. The molecule has 3 rings (SSSR count). The second kappa shape index (κ2) is 6.18. The maximum atomic E-state index is 12.2. The Morgan fingerprint density at radius 1 is 1.32 bits per heavy atom. The SMILES string of the molecule is Cc1cc(C)nc(NC(=O)CC2COc3ccccc3C2)c1. The van der Waals surface area contributed by atoms with Crippen molar-refractivity contribution in [2.75, 3.05) is 11.9 Å². The monoisotopic (exact) mass is 296 g/mol. The molecule has 1 atom stereocenters. The predicted molar refractivity (Wildman–Crippen MR) is 86.1 cm³/mol. The van der Waals surface area contributed by atoms with E-state index < -0.39 is 0 Å². The van der Waals surface area contributed by atoms with Crippen molar-refractivity contribution in [2.24, 2.45) is 5.92 Å². The molecule has 0 fully saturated rings. The summed E-state index contributed by atoms with van der Waals surface area (Å²) in [6.45, 7) is 4.51. The van der Waals surface area contributed by atoms with Crippen LogP contribution in [0.4, 0.5) is 5.82 Å². The van der Waals surface area contributed by atoms with E-state index in [2.05, 4.69) is 16.4 Å². The molecule has 1 unspecified atom stereocenters. The van der Waals surface area contributed by atoms with Crippen molar-refractivity contribution in [3.05, 3.63) is 53.2 Å². The van der Waals surface area contributed by atoms with Crippen LogP contribution in [-0.2, 0) is 11.2 Å². The standard InChI is InChI=1S/C18H20N2O2/c1-12-7-13(2)19-17(8-12)20-18(21)10-14-9-15-5-3-4-6-16(15)22-11-14/h3-8,14H,9-11H2,1-2H3,(H,19,20,21). The van der Waals surface area contributed by atoms with Gasteiger partial charge in [-0.15, -0.1) is 0 Å². The molecule has 4 nitrogen and oxygen atoms in total. The van der Waals surface area contributed by atoms with Crippen molar-refractivity contribution in [1.82, 2.24) is 4.98 Å². The number of nitrogens with one attached hydrogen (secondary N) is 1. The lowest BCUT2D eigenvalue weighted by Gasteiger charge is -2.24. The van der Waals surface area contributed by atoms with E-state index in [1.54, 1.807) is 0 Å². The minimum Gasteiger partial charge on any atom is -0.493 e. The van der Waals surface area contributed by atoms with Crippen molar-refractivity contribution in [3.63, 3.8) is 0 Å². The third kappa shape index (κ3) is 3.45. The Balaban J connectivity index is 1.61. The molecule has 0 saturated carbocycles. The molecule has 2 heterocycles. The summed E-state index contributed by atoms with van der Waals surface area (Å²) >= 11 is 0. The average Bonchev–Trinajstić information content (AvgIpc) is 2.45. The summed E-state index contributed by atoms with van der Waals surface area (Å²) in [6, 6.07) is 11.9. The Bertz CT molecular complexity index is 677. The Morgan fingerprint density at radius 3 is 2.95 bits per heavy atom. The van der Waals surface area contributed by atoms with E-state index in [0.717, 1.165) is 23.4 Å². The quantitative estimate of drug-likeness (QED) is 0.945. The number of para-hydroxylation sites is 1. The number of carbonyl (C=O) groups is 1. The third-order valence-corrected chi connectivity index (χ3v) is 3.80. The number of carbonyl (C=O) groups excluding carboxylic acids is 1. The van der Waals surface area contributed by atoms with Gasteiger partial charge in [-0.1, -0.05) is 18.2 Å². The number of hydrogen-bond acceptors (Lipinski definition) is 3. The van der Waals surface area contributed by atoms with Gasteiger partial charge in [-0.3, -0.25) is 4.79 Å². The van der Waals surface area contributed by atoms with E-state index in [1.165, 1.54) is 5.56 Å². The highest BCUT2D eigenvalue weighted by Gasteiger charge is 2.22. The number of hydrogen-bond donors (Lipinski definition) is 1. The van der Waals surface area contributed by atoms with E-state index in [9.17, 15) is 4.79 Å². The van der Waals surface area contributed by atoms with Crippen molar-refractivity contribution < 1.29 is 9.53 Å². The van der Waals surface area contributed by atoms with Crippen molar-refractivity contribution >= 4 is 11.7 Å². The van der Waals surface area contributed by atoms with Crippen LogP contribution in [0.2, 0.25) is 0 Å². The van der Waals surface area contributed by atoms with Gasteiger partial charge < -0.3 is 10.1 Å².